The van der Waals surface area contributed by atoms with Crippen molar-refractivity contribution in [2.45, 2.75) is 19.5 Å². The van der Waals surface area contributed by atoms with Gasteiger partial charge in [-0.25, -0.2) is 14.5 Å². The summed E-state index contributed by atoms with van der Waals surface area (Å²) in [6, 6.07) is 5.10. The molecule has 0 aliphatic carbocycles. The Kier molecular flexibility index (Phi) is 2.94. The van der Waals surface area contributed by atoms with E-state index in [-0.39, 0.29) is 11.6 Å². The second-order valence-electron chi connectivity index (χ2n) is 4.62. The first-order valence-corrected chi connectivity index (χ1v) is 6.20. The van der Waals surface area contributed by atoms with Crippen LogP contribution < -0.4 is 0 Å². The number of hydrogen-bond donors (Lipinski definition) is 1. The highest BCUT2D eigenvalue weighted by Gasteiger charge is 2.16. The number of aromatic carboxylic acids is 1. The summed E-state index contributed by atoms with van der Waals surface area (Å²) in [6.45, 7) is 2.69. The third kappa shape index (κ3) is 2.03. The van der Waals surface area contributed by atoms with Gasteiger partial charge in [0.25, 0.3) is 0 Å². The quantitative estimate of drug-likeness (QED) is 0.778. The maximum Gasteiger partial charge on any atom is 0.338 e. The zero-order chi connectivity index (χ0) is 14.1. The van der Waals surface area contributed by atoms with E-state index in [9.17, 15) is 4.79 Å². The fourth-order valence-corrected chi connectivity index (χ4v) is 2.24. The Balaban J connectivity index is 2.00. The predicted molar refractivity (Wildman–Crippen MR) is 71.4 cm³/mol. The summed E-state index contributed by atoms with van der Waals surface area (Å²) in [6.07, 6.45) is 5.32. The van der Waals surface area contributed by atoms with Crippen LogP contribution in [0.1, 0.15) is 23.3 Å². The molecule has 0 amide bonds. The molecule has 0 aliphatic heterocycles. The summed E-state index contributed by atoms with van der Waals surface area (Å²) in [5.41, 5.74) is 1.30. The number of nitrogens with zero attached hydrogens (tertiary/aromatic N) is 5. The van der Waals surface area contributed by atoms with Crippen molar-refractivity contribution in [3.05, 3.63) is 42.5 Å². The highest BCUT2D eigenvalue weighted by Crippen LogP contribution is 2.20. The van der Waals surface area contributed by atoms with Crippen molar-refractivity contribution in [3.63, 3.8) is 0 Å². The molecule has 3 rings (SSSR count). The minimum Gasteiger partial charge on any atom is -0.478 e. The highest BCUT2D eigenvalue weighted by molar-refractivity contribution is 6.00. The van der Waals surface area contributed by atoms with Gasteiger partial charge < -0.3 is 9.67 Å². The normalized spacial score (nSPS) is 12.7. The van der Waals surface area contributed by atoms with E-state index in [0.717, 1.165) is 5.52 Å². The van der Waals surface area contributed by atoms with Gasteiger partial charge >= 0.3 is 5.97 Å². The van der Waals surface area contributed by atoms with Crippen LogP contribution in [0, 0.1) is 0 Å². The monoisotopic (exact) mass is 271 g/mol. The van der Waals surface area contributed by atoms with Crippen molar-refractivity contribution < 1.29 is 9.90 Å². The van der Waals surface area contributed by atoms with Crippen molar-refractivity contribution in [3.8, 4) is 0 Å². The summed E-state index contributed by atoms with van der Waals surface area (Å²) < 4.78 is 3.68. The van der Waals surface area contributed by atoms with Gasteiger partial charge in [0, 0.05) is 18.9 Å². The van der Waals surface area contributed by atoms with Gasteiger partial charge in [-0.15, -0.1) is 5.10 Å². The smallest absolute Gasteiger partial charge is 0.338 e. The number of rotatable bonds is 4. The van der Waals surface area contributed by atoms with E-state index in [1.165, 1.54) is 6.07 Å². The largest absolute Gasteiger partial charge is 0.478 e. The lowest BCUT2D eigenvalue weighted by molar-refractivity contribution is 0.0699. The van der Waals surface area contributed by atoms with Gasteiger partial charge in [0.1, 0.15) is 5.52 Å². The van der Waals surface area contributed by atoms with Crippen molar-refractivity contribution in [1.82, 2.24) is 24.5 Å². The molecule has 102 valence electrons. The summed E-state index contributed by atoms with van der Waals surface area (Å²) >= 11 is 0. The predicted octanol–water partition coefficient (Wildman–Crippen LogP) is 1.59. The third-order valence-corrected chi connectivity index (χ3v) is 3.18. The lowest BCUT2D eigenvalue weighted by atomic mass is 10.2. The first kappa shape index (κ1) is 12.3. The van der Waals surface area contributed by atoms with Crippen molar-refractivity contribution >= 4 is 17.0 Å². The topological polar surface area (TPSA) is 85.8 Å². The fourth-order valence-electron chi connectivity index (χ4n) is 2.24. The summed E-state index contributed by atoms with van der Waals surface area (Å²) in [4.78, 5) is 15.2. The molecule has 0 fully saturated rings. The van der Waals surface area contributed by atoms with E-state index in [1.807, 2.05) is 23.8 Å². The lowest BCUT2D eigenvalue weighted by Gasteiger charge is -2.13. The van der Waals surface area contributed by atoms with E-state index < -0.39 is 5.97 Å². The van der Waals surface area contributed by atoms with E-state index in [4.69, 9.17) is 5.11 Å². The maximum atomic E-state index is 11.2. The number of benzene rings is 1. The second kappa shape index (κ2) is 4.76. The van der Waals surface area contributed by atoms with Crippen molar-refractivity contribution in [1.29, 1.82) is 0 Å². The van der Waals surface area contributed by atoms with Gasteiger partial charge in [0.05, 0.1) is 23.4 Å². The average Bonchev–Trinajstić information content (AvgIpc) is 3.06. The molecule has 7 nitrogen and oxygen atoms in total. The Morgan fingerprint density at radius 3 is 3.00 bits per heavy atom. The van der Waals surface area contributed by atoms with Gasteiger partial charge in [-0.1, -0.05) is 11.3 Å². The number of carboxylic acid groups (broad SMARTS) is 1. The number of fused-ring (bicyclic) bond motifs is 1. The molecule has 3 aromatic rings. The molecule has 0 aliphatic rings. The zero-order valence-electron chi connectivity index (χ0n) is 10.8. The highest BCUT2D eigenvalue weighted by atomic mass is 16.4. The zero-order valence-corrected chi connectivity index (χ0v) is 10.8. The number of carboxylic acids is 1. The molecule has 1 atom stereocenters. The van der Waals surface area contributed by atoms with E-state index >= 15 is 0 Å². The number of hydrogen-bond acceptors (Lipinski definition) is 4. The van der Waals surface area contributed by atoms with Crippen LogP contribution in [0.4, 0.5) is 0 Å². The van der Waals surface area contributed by atoms with E-state index in [0.29, 0.717) is 12.1 Å². The molecular weight excluding hydrogens is 258 g/mol. The molecule has 0 saturated carbocycles. The van der Waals surface area contributed by atoms with Crippen LogP contribution in [-0.4, -0.2) is 35.6 Å². The van der Waals surface area contributed by atoms with Gasteiger partial charge in [0.2, 0.25) is 0 Å². The molecule has 7 heteroatoms. The van der Waals surface area contributed by atoms with Gasteiger partial charge in [-0.05, 0) is 19.1 Å². The molecule has 1 unspecified atom stereocenters. The van der Waals surface area contributed by atoms with Crippen LogP contribution in [0.3, 0.4) is 0 Å². The molecular formula is C13H13N5O2. The van der Waals surface area contributed by atoms with Gasteiger partial charge in [-0.3, -0.25) is 0 Å². The third-order valence-electron chi connectivity index (χ3n) is 3.18. The molecule has 1 N–H and O–H groups in total. The maximum absolute atomic E-state index is 11.2. The first-order valence-electron chi connectivity index (χ1n) is 6.20. The molecule has 0 radical (unpaired) electrons. The van der Waals surface area contributed by atoms with Gasteiger partial charge in [-0.2, -0.15) is 0 Å². The molecule has 1 aromatic carbocycles. The number of carbonyl (C=O) groups is 1. The van der Waals surface area contributed by atoms with Gasteiger partial charge in [0.15, 0.2) is 0 Å². The summed E-state index contributed by atoms with van der Waals surface area (Å²) in [5, 5.41) is 17.2. The average molecular weight is 271 g/mol. The van der Waals surface area contributed by atoms with E-state index in [1.54, 1.807) is 23.3 Å². The van der Waals surface area contributed by atoms with Crippen LogP contribution in [0.15, 0.2) is 36.9 Å². The van der Waals surface area contributed by atoms with Crippen LogP contribution in [-0.2, 0) is 6.54 Å². The Labute approximate surface area is 114 Å². The first-order chi connectivity index (χ1) is 9.66. The minimum absolute atomic E-state index is 0.0400. The second-order valence-corrected chi connectivity index (χ2v) is 4.62. The minimum atomic E-state index is -0.995. The molecule has 2 heterocycles. The summed E-state index contributed by atoms with van der Waals surface area (Å²) in [7, 11) is 0. The SMILES string of the molecule is CC(Cn1ccnc1)n1nnc2c(C(=O)O)cccc21. The molecule has 2 aromatic heterocycles. The molecule has 0 bridgehead atoms. The van der Waals surface area contributed by atoms with Crippen LogP contribution in [0.2, 0.25) is 0 Å². The van der Waals surface area contributed by atoms with Crippen LogP contribution in [0.5, 0.6) is 0 Å². The van der Waals surface area contributed by atoms with Crippen molar-refractivity contribution in [2.75, 3.05) is 0 Å². The van der Waals surface area contributed by atoms with Crippen LogP contribution >= 0.6 is 0 Å². The van der Waals surface area contributed by atoms with Crippen molar-refractivity contribution in [2.24, 2.45) is 0 Å². The molecule has 0 saturated heterocycles. The fraction of sp³-hybridized carbons (Fsp3) is 0.231. The Morgan fingerprint density at radius 2 is 2.30 bits per heavy atom. The number of imidazole rings is 1. The Hall–Kier alpha value is -2.70. The lowest BCUT2D eigenvalue weighted by Crippen LogP contribution is -2.13. The standard InChI is InChI=1S/C13H13N5O2/c1-9(7-17-6-5-14-8-17)18-11-4-2-3-10(13(19)20)12(11)15-16-18/h2-6,8-9H,7H2,1H3,(H,19,20). The summed E-state index contributed by atoms with van der Waals surface area (Å²) in [5.74, 6) is -0.995. The molecule has 0 spiro atoms. The molecule has 20 heavy (non-hydrogen) atoms. The van der Waals surface area contributed by atoms with E-state index in [2.05, 4.69) is 15.3 Å². The Bertz CT molecular complexity index is 747. The van der Waals surface area contributed by atoms with Crippen LogP contribution in [0.25, 0.3) is 11.0 Å². The Morgan fingerprint density at radius 1 is 1.45 bits per heavy atom. The number of aromatic nitrogens is 5.